The first-order valence-electron chi connectivity index (χ1n) is 5.06. The molecular weight excluding hydrogens is 277 g/mol. The van der Waals surface area contributed by atoms with Crippen LogP contribution in [-0.2, 0) is 0 Å². The maximum Gasteiger partial charge on any atom is 0.0741 e. The Labute approximate surface area is 103 Å². The Morgan fingerprint density at radius 2 is 2.20 bits per heavy atom. The normalized spacial score (nSPS) is 25.5. The number of aliphatic hydroxyl groups excluding tert-OH is 1. The van der Waals surface area contributed by atoms with E-state index in [9.17, 15) is 5.11 Å². The lowest BCUT2D eigenvalue weighted by Gasteiger charge is -2.18. The molecule has 0 bridgehead atoms. The fraction of sp³-hybridized carbons (Fsp3) is 0.455. The van der Waals surface area contributed by atoms with Crippen molar-refractivity contribution >= 4 is 33.2 Å². The molecule has 2 rings (SSSR count). The van der Waals surface area contributed by atoms with Crippen LogP contribution < -0.4 is 5.32 Å². The van der Waals surface area contributed by atoms with E-state index in [1.165, 1.54) is 0 Å². The van der Waals surface area contributed by atoms with Crippen LogP contribution in [0.5, 0.6) is 0 Å². The van der Waals surface area contributed by atoms with Crippen molar-refractivity contribution in [1.82, 2.24) is 0 Å². The van der Waals surface area contributed by atoms with Gasteiger partial charge in [-0.05, 0) is 37.5 Å². The second-order valence-corrected chi connectivity index (χ2v) is 5.20. The fourth-order valence-corrected chi connectivity index (χ4v) is 2.45. The zero-order valence-electron chi connectivity index (χ0n) is 8.21. The van der Waals surface area contributed by atoms with Crippen LogP contribution in [0.4, 0.5) is 5.69 Å². The van der Waals surface area contributed by atoms with Crippen molar-refractivity contribution in [3.8, 4) is 0 Å². The molecule has 1 aromatic carbocycles. The van der Waals surface area contributed by atoms with Gasteiger partial charge in [0.15, 0.2) is 0 Å². The Morgan fingerprint density at radius 1 is 1.40 bits per heavy atom. The molecule has 2 nitrogen and oxygen atoms in total. The molecule has 1 saturated carbocycles. The topological polar surface area (TPSA) is 32.3 Å². The van der Waals surface area contributed by atoms with Crippen LogP contribution in [0.15, 0.2) is 22.7 Å². The second kappa shape index (κ2) is 4.73. The van der Waals surface area contributed by atoms with E-state index < -0.39 is 0 Å². The molecule has 0 aromatic heterocycles. The first-order valence-corrected chi connectivity index (χ1v) is 6.23. The molecule has 1 aromatic rings. The predicted octanol–water partition coefficient (Wildman–Crippen LogP) is 3.43. The van der Waals surface area contributed by atoms with Crippen LogP contribution >= 0.6 is 27.5 Å². The van der Waals surface area contributed by atoms with Crippen LogP contribution in [0, 0.1) is 0 Å². The summed E-state index contributed by atoms with van der Waals surface area (Å²) in [4.78, 5) is 0. The minimum absolute atomic E-state index is 0.136. The zero-order valence-corrected chi connectivity index (χ0v) is 10.6. The van der Waals surface area contributed by atoms with Crippen molar-refractivity contribution in [2.45, 2.75) is 31.4 Å². The molecule has 0 radical (unpaired) electrons. The van der Waals surface area contributed by atoms with Crippen LogP contribution in [-0.4, -0.2) is 17.3 Å². The third-order valence-electron chi connectivity index (χ3n) is 2.75. The third kappa shape index (κ3) is 2.65. The minimum Gasteiger partial charge on any atom is -0.391 e. The number of halogens is 2. The molecular formula is C11H13BrClNO. The highest BCUT2D eigenvalue weighted by Crippen LogP contribution is 2.29. The van der Waals surface area contributed by atoms with E-state index in [-0.39, 0.29) is 12.1 Å². The van der Waals surface area contributed by atoms with Crippen LogP contribution in [0.1, 0.15) is 19.3 Å². The fourth-order valence-electron chi connectivity index (χ4n) is 1.92. The minimum atomic E-state index is -0.250. The molecule has 0 aliphatic heterocycles. The molecule has 1 aliphatic rings. The summed E-state index contributed by atoms with van der Waals surface area (Å²) in [5.74, 6) is 0. The second-order valence-electron chi connectivity index (χ2n) is 3.87. The number of benzene rings is 1. The highest BCUT2D eigenvalue weighted by Gasteiger charge is 2.25. The Bertz CT molecular complexity index is 358. The van der Waals surface area contributed by atoms with Gasteiger partial charge in [0.05, 0.1) is 22.9 Å². The third-order valence-corrected chi connectivity index (χ3v) is 3.57. The van der Waals surface area contributed by atoms with Crippen LogP contribution in [0.2, 0.25) is 5.02 Å². The summed E-state index contributed by atoms with van der Waals surface area (Å²) >= 11 is 9.46. The van der Waals surface area contributed by atoms with Gasteiger partial charge >= 0.3 is 0 Å². The van der Waals surface area contributed by atoms with Crippen molar-refractivity contribution in [1.29, 1.82) is 0 Å². The summed E-state index contributed by atoms with van der Waals surface area (Å²) in [6.07, 6.45) is 2.71. The summed E-state index contributed by atoms with van der Waals surface area (Å²) in [7, 11) is 0. The molecule has 0 spiro atoms. The molecule has 0 heterocycles. The smallest absolute Gasteiger partial charge is 0.0741 e. The van der Waals surface area contributed by atoms with Gasteiger partial charge in [-0.3, -0.25) is 0 Å². The van der Waals surface area contributed by atoms with E-state index in [1.54, 1.807) is 0 Å². The van der Waals surface area contributed by atoms with E-state index >= 15 is 0 Å². The largest absolute Gasteiger partial charge is 0.391 e. The molecule has 82 valence electrons. The van der Waals surface area contributed by atoms with Gasteiger partial charge < -0.3 is 10.4 Å². The number of anilines is 1. The number of rotatable bonds is 2. The van der Waals surface area contributed by atoms with Crippen LogP contribution in [0.3, 0.4) is 0 Å². The SMILES string of the molecule is O[C@H]1CCC[C@@H]1Nc1cc(Br)ccc1Cl. The molecule has 4 heteroatoms. The first kappa shape index (κ1) is 11.2. The van der Waals surface area contributed by atoms with Gasteiger partial charge in [-0.1, -0.05) is 27.5 Å². The van der Waals surface area contributed by atoms with Gasteiger partial charge in [-0.2, -0.15) is 0 Å². The Hall–Kier alpha value is -0.250. The van der Waals surface area contributed by atoms with E-state index in [0.717, 1.165) is 29.4 Å². The molecule has 1 aliphatic carbocycles. The van der Waals surface area contributed by atoms with Crippen molar-refractivity contribution in [2.24, 2.45) is 0 Å². The Kier molecular flexibility index (Phi) is 3.54. The van der Waals surface area contributed by atoms with Gasteiger partial charge in [0.25, 0.3) is 0 Å². The monoisotopic (exact) mass is 289 g/mol. The van der Waals surface area contributed by atoms with E-state index in [0.29, 0.717) is 5.02 Å². The highest BCUT2D eigenvalue weighted by atomic mass is 79.9. The maximum absolute atomic E-state index is 9.69. The van der Waals surface area contributed by atoms with Crippen LogP contribution in [0.25, 0.3) is 0 Å². The molecule has 0 amide bonds. The highest BCUT2D eigenvalue weighted by molar-refractivity contribution is 9.10. The quantitative estimate of drug-likeness (QED) is 0.874. The van der Waals surface area contributed by atoms with E-state index in [2.05, 4.69) is 21.2 Å². The molecule has 1 fully saturated rings. The summed E-state index contributed by atoms with van der Waals surface area (Å²) in [5, 5.41) is 13.7. The molecule has 15 heavy (non-hydrogen) atoms. The number of hydrogen-bond donors (Lipinski definition) is 2. The van der Waals surface area contributed by atoms with Crippen molar-refractivity contribution in [3.63, 3.8) is 0 Å². The lowest BCUT2D eigenvalue weighted by Crippen LogP contribution is -2.27. The predicted molar refractivity (Wildman–Crippen MR) is 66.4 cm³/mol. The van der Waals surface area contributed by atoms with Gasteiger partial charge in [0.1, 0.15) is 0 Å². The van der Waals surface area contributed by atoms with Crippen molar-refractivity contribution < 1.29 is 5.11 Å². The zero-order chi connectivity index (χ0) is 10.8. The lowest BCUT2D eigenvalue weighted by molar-refractivity contribution is 0.172. The Balaban J connectivity index is 2.12. The molecule has 2 N–H and O–H groups in total. The summed E-state index contributed by atoms with van der Waals surface area (Å²) < 4.78 is 0.988. The summed E-state index contributed by atoms with van der Waals surface area (Å²) in [5.41, 5.74) is 0.886. The van der Waals surface area contributed by atoms with Crippen molar-refractivity contribution in [3.05, 3.63) is 27.7 Å². The van der Waals surface area contributed by atoms with Gasteiger partial charge in [0.2, 0.25) is 0 Å². The number of aliphatic hydroxyl groups is 1. The van der Waals surface area contributed by atoms with Crippen molar-refractivity contribution in [2.75, 3.05) is 5.32 Å². The first-order chi connectivity index (χ1) is 7.16. The molecule has 0 saturated heterocycles. The summed E-state index contributed by atoms with van der Waals surface area (Å²) in [6.45, 7) is 0. The van der Waals surface area contributed by atoms with E-state index in [4.69, 9.17) is 11.6 Å². The van der Waals surface area contributed by atoms with E-state index in [1.807, 2.05) is 18.2 Å². The Morgan fingerprint density at radius 3 is 2.87 bits per heavy atom. The van der Waals surface area contributed by atoms with Gasteiger partial charge in [-0.15, -0.1) is 0 Å². The summed E-state index contributed by atoms with van der Waals surface area (Å²) in [6, 6.07) is 5.82. The maximum atomic E-state index is 9.69. The molecule has 2 atom stereocenters. The standard InChI is InChI=1S/C11H13BrClNO/c12-7-4-5-8(13)10(6-7)14-9-2-1-3-11(9)15/h4-6,9,11,14-15H,1-3H2/t9-,11-/m0/s1. The molecule has 0 unspecified atom stereocenters. The average Bonchev–Trinajstić information content (AvgIpc) is 2.58. The number of hydrogen-bond acceptors (Lipinski definition) is 2. The lowest BCUT2D eigenvalue weighted by atomic mass is 10.2. The van der Waals surface area contributed by atoms with Gasteiger partial charge in [-0.25, -0.2) is 0 Å². The number of nitrogens with one attached hydrogen (secondary N) is 1. The average molecular weight is 291 g/mol. The van der Waals surface area contributed by atoms with Gasteiger partial charge in [0, 0.05) is 4.47 Å².